The number of pyridine rings is 1. The molecule has 0 saturated heterocycles. The van der Waals surface area contributed by atoms with Crippen LogP contribution in [0.15, 0.2) is 91.4 Å². The fourth-order valence-corrected chi connectivity index (χ4v) is 2.91. The van der Waals surface area contributed by atoms with Crippen LogP contribution < -0.4 is 15.4 Å². The number of carbonyl (C=O) groups excluding carboxylic acids is 1. The Morgan fingerprint density at radius 3 is 2.35 bits per heavy atom. The zero-order valence-corrected chi connectivity index (χ0v) is 16.7. The lowest BCUT2D eigenvalue weighted by molar-refractivity contribution is 0.0946. The standard InChI is InChI=1S/C24H21N5O2/c30-23(27-15-13-18-6-2-1-3-7-18)22-24(28-17-16-26-22)31-20-11-9-19(10-12-20)29-21-8-4-5-14-25-21/h1-12,14,16-17H,13,15H2,(H,25,29)(H,27,30). The zero-order valence-electron chi connectivity index (χ0n) is 16.7. The van der Waals surface area contributed by atoms with E-state index in [1.807, 2.05) is 60.7 Å². The van der Waals surface area contributed by atoms with Crippen LogP contribution >= 0.6 is 0 Å². The van der Waals surface area contributed by atoms with Crippen molar-refractivity contribution < 1.29 is 9.53 Å². The summed E-state index contributed by atoms with van der Waals surface area (Å²) < 4.78 is 5.82. The van der Waals surface area contributed by atoms with Crippen molar-refractivity contribution in [3.63, 3.8) is 0 Å². The molecule has 1 amide bonds. The number of anilines is 2. The predicted octanol–water partition coefficient (Wildman–Crippen LogP) is 4.38. The minimum Gasteiger partial charge on any atom is -0.437 e. The van der Waals surface area contributed by atoms with E-state index in [4.69, 9.17) is 4.74 Å². The average molecular weight is 411 g/mol. The Kier molecular flexibility index (Phi) is 6.45. The van der Waals surface area contributed by atoms with Gasteiger partial charge in [-0.3, -0.25) is 4.79 Å². The molecule has 2 N–H and O–H groups in total. The fraction of sp³-hybridized carbons (Fsp3) is 0.0833. The van der Waals surface area contributed by atoms with Gasteiger partial charge in [0.2, 0.25) is 0 Å². The Hall–Kier alpha value is -4.26. The summed E-state index contributed by atoms with van der Waals surface area (Å²) in [7, 11) is 0. The number of hydrogen-bond acceptors (Lipinski definition) is 6. The van der Waals surface area contributed by atoms with E-state index in [-0.39, 0.29) is 17.5 Å². The molecule has 2 heterocycles. The highest BCUT2D eigenvalue weighted by molar-refractivity contribution is 5.94. The Bertz CT molecular complexity index is 1120. The van der Waals surface area contributed by atoms with E-state index in [1.165, 1.54) is 12.4 Å². The molecule has 0 bridgehead atoms. The molecule has 0 saturated carbocycles. The van der Waals surface area contributed by atoms with Crippen LogP contribution in [0.5, 0.6) is 11.6 Å². The zero-order chi connectivity index (χ0) is 21.3. The summed E-state index contributed by atoms with van der Waals surface area (Å²) in [5.41, 5.74) is 2.16. The number of nitrogens with one attached hydrogen (secondary N) is 2. The Balaban J connectivity index is 1.38. The van der Waals surface area contributed by atoms with Crippen LogP contribution in [0.2, 0.25) is 0 Å². The largest absolute Gasteiger partial charge is 0.437 e. The van der Waals surface area contributed by atoms with Gasteiger partial charge in [0.15, 0.2) is 5.69 Å². The lowest BCUT2D eigenvalue weighted by Gasteiger charge is -2.10. The first-order valence-electron chi connectivity index (χ1n) is 9.87. The molecule has 7 nitrogen and oxygen atoms in total. The predicted molar refractivity (Wildman–Crippen MR) is 119 cm³/mol. The quantitative estimate of drug-likeness (QED) is 0.447. The second kappa shape index (κ2) is 9.98. The summed E-state index contributed by atoms with van der Waals surface area (Å²) in [4.78, 5) is 25.2. The molecule has 0 atom stereocenters. The van der Waals surface area contributed by atoms with Gasteiger partial charge in [-0.2, -0.15) is 0 Å². The van der Waals surface area contributed by atoms with Gasteiger partial charge in [-0.25, -0.2) is 15.0 Å². The number of amides is 1. The molecule has 0 aliphatic carbocycles. The number of nitrogens with zero attached hydrogens (tertiary/aromatic N) is 3. The van der Waals surface area contributed by atoms with Crippen molar-refractivity contribution in [2.45, 2.75) is 6.42 Å². The number of rotatable bonds is 8. The Labute approximate surface area is 180 Å². The molecule has 0 radical (unpaired) electrons. The van der Waals surface area contributed by atoms with E-state index in [0.717, 1.165) is 23.5 Å². The highest BCUT2D eigenvalue weighted by atomic mass is 16.5. The molecule has 2 aromatic carbocycles. The molecule has 31 heavy (non-hydrogen) atoms. The van der Waals surface area contributed by atoms with E-state index in [2.05, 4.69) is 25.6 Å². The highest BCUT2D eigenvalue weighted by Crippen LogP contribution is 2.24. The van der Waals surface area contributed by atoms with Crippen molar-refractivity contribution in [1.82, 2.24) is 20.3 Å². The van der Waals surface area contributed by atoms with Crippen molar-refractivity contribution >= 4 is 17.4 Å². The summed E-state index contributed by atoms with van der Waals surface area (Å²) >= 11 is 0. The SMILES string of the molecule is O=C(NCCc1ccccc1)c1nccnc1Oc1ccc(Nc2ccccn2)cc1. The Morgan fingerprint density at radius 2 is 1.58 bits per heavy atom. The monoisotopic (exact) mass is 411 g/mol. The van der Waals surface area contributed by atoms with Crippen LogP contribution in [-0.2, 0) is 6.42 Å². The lowest BCUT2D eigenvalue weighted by Crippen LogP contribution is -2.27. The van der Waals surface area contributed by atoms with Crippen LogP contribution in [0.4, 0.5) is 11.5 Å². The first kappa shape index (κ1) is 20.0. The van der Waals surface area contributed by atoms with Gasteiger partial charge in [0.05, 0.1) is 0 Å². The molecule has 4 aromatic rings. The maximum absolute atomic E-state index is 12.6. The van der Waals surface area contributed by atoms with E-state index in [0.29, 0.717) is 12.3 Å². The molecule has 7 heteroatoms. The number of hydrogen-bond donors (Lipinski definition) is 2. The van der Waals surface area contributed by atoms with Crippen LogP contribution in [0.3, 0.4) is 0 Å². The van der Waals surface area contributed by atoms with Gasteiger partial charge in [0.1, 0.15) is 11.6 Å². The molecule has 2 aromatic heterocycles. The molecule has 0 fully saturated rings. The fourth-order valence-electron chi connectivity index (χ4n) is 2.91. The first-order valence-corrected chi connectivity index (χ1v) is 9.87. The van der Waals surface area contributed by atoms with Gasteiger partial charge >= 0.3 is 0 Å². The third-order valence-electron chi connectivity index (χ3n) is 4.43. The maximum Gasteiger partial charge on any atom is 0.275 e. The van der Waals surface area contributed by atoms with Gasteiger partial charge in [-0.1, -0.05) is 36.4 Å². The lowest BCUT2D eigenvalue weighted by atomic mass is 10.1. The van der Waals surface area contributed by atoms with Crippen LogP contribution in [0, 0.1) is 0 Å². The molecular formula is C24H21N5O2. The van der Waals surface area contributed by atoms with E-state index < -0.39 is 0 Å². The molecule has 0 unspecified atom stereocenters. The summed E-state index contributed by atoms with van der Waals surface area (Å²) in [5.74, 6) is 1.13. The van der Waals surface area contributed by atoms with Crippen molar-refractivity contribution in [2.24, 2.45) is 0 Å². The van der Waals surface area contributed by atoms with Gasteiger partial charge < -0.3 is 15.4 Å². The minimum atomic E-state index is -0.326. The van der Waals surface area contributed by atoms with Crippen molar-refractivity contribution in [2.75, 3.05) is 11.9 Å². The van der Waals surface area contributed by atoms with Crippen molar-refractivity contribution in [3.05, 3.63) is 103 Å². The smallest absolute Gasteiger partial charge is 0.275 e. The summed E-state index contributed by atoms with van der Waals surface area (Å²) in [6.07, 6.45) is 5.42. The summed E-state index contributed by atoms with van der Waals surface area (Å²) in [6, 6.07) is 22.9. The van der Waals surface area contributed by atoms with Crippen LogP contribution in [0.1, 0.15) is 16.1 Å². The Morgan fingerprint density at radius 1 is 0.806 bits per heavy atom. The molecule has 0 spiro atoms. The van der Waals surface area contributed by atoms with Crippen molar-refractivity contribution in [3.8, 4) is 11.6 Å². The van der Waals surface area contributed by atoms with E-state index in [9.17, 15) is 4.79 Å². The highest BCUT2D eigenvalue weighted by Gasteiger charge is 2.16. The van der Waals surface area contributed by atoms with Gasteiger partial charge in [0.25, 0.3) is 11.8 Å². The molecule has 4 rings (SSSR count). The molecular weight excluding hydrogens is 390 g/mol. The third-order valence-corrected chi connectivity index (χ3v) is 4.43. The van der Waals surface area contributed by atoms with E-state index >= 15 is 0 Å². The van der Waals surface area contributed by atoms with Crippen LogP contribution in [-0.4, -0.2) is 27.4 Å². The summed E-state index contributed by atoms with van der Waals surface area (Å²) in [6.45, 7) is 0.493. The van der Waals surface area contributed by atoms with Gasteiger partial charge in [-0.05, 0) is 48.4 Å². The normalized spacial score (nSPS) is 10.3. The second-order valence-electron chi connectivity index (χ2n) is 6.67. The number of aromatic nitrogens is 3. The minimum absolute atomic E-state index is 0.145. The molecule has 0 aliphatic rings. The average Bonchev–Trinajstić information content (AvgIpc) is 2.82. The molecule has 154 valence electrons. The van der Waals surface area contributed by atoms with E-state index in [1.54, 1.807) is 18.3 Å². The molecule has 0 aliphatic heterocycles. The van der Waals surface area contributed by atoms with Crippen molar-refractivity contribution in [1.29, 1.82) is 0 Å². The first-order chi connectivity index (χ1) is 15.3. The summed E-state index contributed by atoms with van der Waals surface area (Å²) in [5, 5.41) is 6.07. The second-order valence-corrected chi connectivity index (χ2v) is 6.67. The van der Waals surface area contributed by atoms with Crippen LogP contribution in [0.25, 0.3) is 0 Å². The van der Waals surface area contributed by atoms with Gasteiger partial charge in [0, 0.05) is 30.8 Å². The van der Waals surface area contributed by atoms with Gasteiger partial charge in [-0.15, -0.1) is 0 Å². The topological polar surface area (TPSA) is 89.0 Å². The number of ether oxygens (including phenoxy) is 1. The maximum atomic E-state index is 12.6. The number of carbonyl (C=O) groups is 1. The number of benzene rings is 2. The third kappa shape index (κ3) is 5.63.